The van der Waals surface area contributed by atoms with Gasteiger partial charge in [0.2, 0.25) is 0 Å². The van der Waals surface area contributed by atoms with E-state index in [1.807, 2.05) is 35.2 Å². The molecule has 0 saturated heterocycles. The highest BCUT2D eigenvalue weighted by molar-refractivity contribution is 7.98. The number of aromatic nitrogens is 1. The maximum absolute atomic E-state index is 11.7. The summed E-state index contributed by atoms with van der Waals surface area (Å²) >= 11 is 3.22. The van der Waals surface area contributed by atoms with E-state index in [9.17, 15) is 4.79 Å². The van der Waals surface area contributed by atoms with Gasteiger partial charge in [0.05, 0.1) is 16.8 Å². The highest BCUT2D eigenvalue weighted by Crippen LogP contribution is 2.26. The van der Waals surface area contributed by atoms with Crippen molar-refractivity contribution in [3.05, 3.63) is 46.4 Å². The first-order valence-corrected chi connectivity index (χ1v) is 7.05. The number of carbonyl (C=O) groups excluding carboxylic acids is 1. The number of nitrogens with zero attached hydrogens (tertiary/aromatic N) is 1. The number of thiazole rings is 1. The minimum absolute atomic E-state index is 0.0497. The first-order valence-electron chi connectivity index (χ1n) is 5.12. The van der Waals surface area contributed by atoms with Crippen LogP contribution in [0.3, 0.4) is 0 Å². The van der Waals surface area contributed by atoms with Crippen LogP contribution in [0.5, 0.6) is 0 Å². The predicted molar refractivity (Wildman–Crippen MR) is 71.5 cm³/mol. The fraction of sp³-hybridized carbons (Fsp3) is 0.167. The molecular weight excluding hydrogens is 252 g/mol. The van der Waals surface area contributed by atoms with Crippen LogP contribution in [0.1, 0.15) is 16.1 Å². The largest absolute Gasteiger partial charge is 0.355 e. The number of hydrogen-bond donors (Lipinski definition) is 1. The fourth-order valence-electron chi connectivity index (χ4n) is 1.38. The Morgan fingerprint density at radius 2 is 2.29 bits per heavy atom. The zero-order valence-corrected chi connectivity index (χ0v) is 11.0. The molecule has 0 spiro atoms. The molecule has 0 radical (unpaired) electrons. The zero-order chi connectivity index (χ0) is 12.1. The van der Waals surface area contributed by atoms with E-state index in [-0.39, 0.29) is 5.91 Å². The van der Waals surface area contributed by atoms with E-state index in [4.69, 9.17) is 0 Å². The molecule has 2 rings (SSSR count). The van der Waals surface area contributed by atoms with Gasteiger partial charge >= 0.3 is 0 Å². The average Bonchev–Trinajstić information content (AvgIpc) is 2.89. The fourth-order valence-corrected chi connectivity index (χ4v) is 2.99. The van der Waals surface area contributed by atoms with Crippen molar-refractivity contribution in [1.82, 2.24) is 10.3 Å². The van der Waals surface area contributed by atoms with E-state index in [0.29, 0.717) is 0 Å². The van der Waals surface area contributed by atoms with Crippen molar-refractivity contribution in [2.75, 3.05) is 7.05 Å². The number of nitrogens with one attached hydrogen (secondary N) is 1. The van der Waals surface area contributed by atoms with Crippen molar-refractivity contribution in [2.24, 2.45) is 0 Å². The van der Waals surface area contributed by atoms with Gasteiger partial charge in [-0.15, -0.1) is 23.1 Å². The topological polar surface area (TPSA) is 42.0 Å². The van der Waals surface area contributed by atoms with Crippen LogP contribution < -0.4 is 5.32 Å². The zero-order valence-electron chi connectivity index (χ0n) is 9.34. The van der Waals surface area contributed by atoms with Gasteiger partial charge in [0, 0.05) is 23.1 Å². The molecular formula is C12H12N2OS2. The van der Waals surface area contributed by atoms with Crippen molar-refractivity contribution >= 4 is 29.0 Å². The highest BCUT2D eigenvalue weighted by atomic mass is 32.2. The molecule has 0 bridgehead atoms. The number of rotatable bonds is 4. The maximum atomic E-state index is 11.7. The van der Waals surface area contributed by atoms with Crippen LogP contribution in [0, 0.1) is 0 Å². The summed E-state index contributed by atoms with van der Waals surface area (Å²) < 4.78 is 0. The monoisotopic (exact) mass is 264 g/mol. The molecule has 1 heterocycles. The van der Waals surface area contributed by atoms with Crippen LogP contribution in [0.25, 0.3) is 0 Å². The highest BCUT2D eigenvalue weighted by Gasteiger charge is 2.09. The first-order chi connectivity index (χ1) is 8.31. The maximum Gasteiger partial charge on any atom is 0.252 e. The second kappa shape index (κ2) is 5.84. The van der Waals surface area contributed by atoms with Gasteiger partial charge in [0.25, 0.3) is 5.91 Å². The minimum Gasteiger partial charge on any atom is -0.355 e. The smallest absolute Gasteiger partial charge is 0.252 e. The second-order valence-electron chi connectivity index (χ2n) is 3.34. The Morgan fingerprint density at radius 3 is 3.00 bits per heavy atom. The molecule has 2 aromatic rings. The van der Waals surface area contributed by atoms with Crippen LogP contribution >= 0.6 is 23.1 Å². The molecule has 0 fully saturated rings. The van der Waals surface area contributed by atoms with Crippen LogP contribution in [0.2, 0.25) is 0 Å². The molecule has 17 heavy (non-hydrogen) atoms. The average molecular weight is 264 g/mol. The number of amides is 1. The van der Waals surface area contributed by atoms with Crippen molar-refractivity contribution < 1.29 is 4.79 Å². The van der Waals surface area contributed by atoms with E-state index in [1.165, 1.54) is 0 Å². The lowest BCUT2D eigenvalue weighted by Crippen LogP contribution is -2.18. The number of benzene rings is 1. The van der Waals surface area contributed by atoms with Gasteiger partial charge in [-0.1, -0.05) is 12.1 Å². The third kappa shape index (κ3) is 3.08. The Hall–Kier alpha value is -1.33. The van der Waals surface area contributed by atoms with Crippen LogP contribution in [-0.2, 0) is 5.75 Å². The Labute approximate surface area is 108 Å². The molecule has 1 N–H and O–H groups in total. The minimum atomic E-state index is -0.0497. The molecule has 0 atom stereocenters. The van der Waals surface area contributed by atoms with Crippen molar-refractivity contribution in [3.63, 3.8) is 0 Å². The molecule has 0 aliphatic heterocycles. The molecule has 0 unspecified atom stereocenters. The summed E-state index contributed by atoms with van der Waals surface area (Å²) in [6.07, 6.45) is 0. The summed E-state index contributed by atoms with van der Waals surface area (Å²) in [6.45, 7) is 0. The van der Waals surface area contributed by atoms with Gasteiger partial charge in [0.1, 0.15) is 0 Å². The first kappa shape index (κ1) is 12.1. The second-order valence-corrected chi connectivity index (χ2v) is 5.08. The van der Waals surface area contributed by atoms with E-state index in [0.717, 1.165) is 21.9 Å². The van der Waals surface area contributed by atoms with Gasteiger partial charge in [-0.3, -0.25) is 4.79 Å². The molecule has 1 aromatic carbocycles. The van der Waals surface area contributed by atoms with E-state index in [2.05, 4.69) is 10.3 Å². The number of thioether (sulfide) groups is 1. The normalized spacial score (nSPS) is 10.2. The molecule has 0 aliphatic rings. The molecule has 1 aromatic heterocycles. The molecule has 1 amide bonds. The summed E-state index contributed by atoms with van der Waals surface area (Å²) in [7, 11) is 1.64. The Kier molecular flexibility index (Phi) is 4.17. The number of carbonyl (C=O) groups is 1. The van der Waals surface area contributed by atoms with Gasteiger partial charge in [0.15, 0.2) is 0 Å². The Bertz CT molecular complexity index is 497. The van der Waals surface area contributed by atoms with Gasteiger partial charge in [-0.2, -0.15) is 0 Å². The van der Waals surface area contributed by atoms with Crippen LogP contribution in [0.4, 0.5) is 0 Å². The molecule has 88 valence electrons. The van der Waals surface area contributed by atoms with Crippen LogP contribution in [-0.4, -0.2) is 17.9 Å². The van der Waals surface area contributed by atoms with E-state index < -0.39 is 0 Å². The molecule has 3 nitrogen and oxygen atoms in total. The lowest BCUT2D eigenvalue weighted by Gasteiger charge is -2.06. The summed E-state index contributed by atoms with van der Waals surface area (Å²) in [4.78, 5) is 16.9. The molecule has 0 aliphatic carbocycles. The molecule has 5 heteroatoms. The van der Waals surface area contributed by atoms with Gasteiger partial charge < -0.3 is 5.32 Å². The van der Waals surface area contributed by atoms with Gasteiger partial charge in [-0.05, 0) is 12.1 Å². The summed E-state index contributed by atoms with van der Waals surface area (Å²) in [5, 5.41) is 4.67. The number of hydrogen-bond acceptors (Lipinski definition) is 4. The predicted octanol–water partition coefficient (Wildman–Crippen LogP) is 2.80. The van der Waals surface area contributed by atoms with E-state index in [1.54, 1.807) is 30.1 Å². The SMILES string of the molecule is CNC(=O)c1ccccc1SCc1cscn1. The third-order valence-electron chi connectivity index (χ3n) is 2.22. The third-order valence-corrected chi connectivity index (χ3v) is 3.96. The van der Waals surface area contributed by atoms with Crippen molar-refractivity contribution in [3.8, 4) is 0 Å². The lowest BCUT2D eigenvalue weighted by molar-refractivity contribution is 0.0960. The van der Waals surface area contributed by atoms with Crippen LogP contribution in [0.15, 0.2) is 40.1 Å². The standard InChI is InChI=1S/C12H12N2OS2/c1-13-12(15)10-4-2-3-5-11(10)17-7-9-6-16-8-14-9/h2-6,8H,7H2,1H3,(H,13,15). The summed E-state index contributed by atoms with van der Waals surface area (Å²) in [5.74, 6) is 0.740. The Balaban J connectivity index is 2.12. The Morgan fingerprint density at radius 1 is 1.47 bits per heavy atom. The summed E-state index contributed by atoms with van der Waals surface area (Å²) in [6, 6.07) is 7.61. The quantitative estimate of drug-likeness (QED) is 0.863. The van der Waals surface area contributed by atoms with E-state index >= 15 is 0 Å². The van der Waals surface area contributed by atoms with Gasteiger partial charge in [-0.25, -0.2) is 4.98 Å². The molecule has 0 saturated carbocycles. The summed E-state index contributed by atoms with van der Waals surface area (Å²) in [5.41, 5.74) is 3.59. The van der Waals surface area contributed by atoms with Crippen molar-refractivity contribution in [1.29, 1.82) is 0 Å². The lowest BCUT2D eigenvalue weighted by atomic mass is 10.2. The van der Waals surface area contributed by atoms with Crippen molar-refractivity contribution in [2.45, 2.75) is 10.6 Å².